The maximum absolute atomic E-state index is 12.6. The molecule has 0 spiro atoms. The summed E-state index contributed by atoms with van der Waals surface area (Å²) in [5.74, 6) is 0.434. The largest absolute Gasteiger partial charge is 1.00 e. The first-order chi connectivity index (χ1) is 20.8. The average molecular weight is 759 g/mol. The Hall–Kier alpha value is -2.49. The van der Waals surface area contributed by atoms with Crippen LogP contribution in [0.1, 0.15) is 88.8 Å². The van der Waals surface area contributed by atoms with Crippen molar-refractivity contribution >= 4 is 55.8 Å². The predicted molar refractivity (Wildman–Crippen MR) is 189 cm³/mol. The van der Waals surface area contributed by atoms with Crippen LogP contribution in [0, 0.1) is 0 Å². The molecule has 0 atom stereocenters. The molecular weight excluding hydrogens is 719 g/mol. The number of carbonyl (C=O) groups excluding carboxylic acids is 3. The summed E-state index contributed by atoms with van der Waals surface area (Å²) in [6.07, 6.45) is 3.49. The molecule has 0 unspecified atom stereocenters. The van der Waals surface area contributed by atoms with E-state index in [1.807, 2.05) is 78.9 Å². The SMILES string of the molecule is CC1(C)/C(=C\c2ccc(Br)cc2)C(=O)c2ccccc21.CC1(C)CC(=O)c2ccccc21.CCO.O=Cc1ccc(Br)cc1.[Na+].[OH-]. The van der Waals surface area contributed by atoms with Crippen molar-refractivity contribution in [2.24, 2.45) is 0 Å². The number of benzene rings is 4. The smallest absolute Gasteiger partial charge is 0.870 e. The topological polar surface area (TPSA) is 101 Å². The molecule has 2 aliphatic rings. The molecule has 0 aliphatic heterocycles. The first-order valence-electron chi connectivity index (χ1n) is 14.4. The van der Waals surface area contributed by atoms with E-state index in [9.17, 15) is 14.4 Å². The third kappa shape index (κ3) is 10.5. The fourth-order valence-electron chi connectivity index (χ4n) is 5.22. The van der Waals surface area contributed by atoms with E-state index in [2.05, 4.69) is 71.7 Å². The van der Waals surface area contributed by atoms with Crippen LogP contribution in [0.4, 0.5) is 0 Å². The fraction of sp³-hybridized carbons (Fsp3) is 0.237. The van der Waals surface area contributed by atoms with E-state index >= 15 is 0 Å². The summed E-state index contributed by atoms with van der Waals surface area (Å²) < 4.78 is 2.04. The molecule has 4 aromatic rings. The van der Waals surface area contributed by atoms with E-state index in [1.165, 1.54) is 5.56 Å². The van der Waals surface area contributed by atoms with Crippen LogP contribution in [0.2, 0.25) is 0 Å². The number of carbonyl (C=O) groups is 3. The van der Waals surface area contributed by atoms with Crippen LogP contribution in [-0.2, 0) is 10.8 Å². The van der Waals surface area contributed by atoms with Crippen LogP contribution in [0.5, 0.6) is 0 Å². The number of Topliss-reactive ketones (excluding diaryl/α,β-unsaturated/α-hetero) is 2. The van der Waals surface area contributed by atoms with Crippen LogP contribution in [0.3, 0.4) is 0 Å². The van der Waals surface area contributed by atoms with E-state index in [-0.39, 0.29) is 64.0 Å². The van der Waals surface area contributed by atoms with Crippen molar-refractivity contribution in [2.45, 2.75) is 51.9 Å². The number of aliphatic hydroxyl groups is 1. The van der Waals surface area contributed by atoms with Gasteiger partial charge in [-0.05, 0) is 59.4 Å². The van der Waals surface area contributed by atoms with Gasteiger partial charge in [0.25, 0.3) is 0 Å². The maximum atomic E-state index is 12.6. The van der Waals surface area contributed by atoms with Gasteiger partial charge >= 0.3 is 29.6 Å². The Morgan fingerprint density at radius 3 is 1.61 bits per heavy atom. The van der Waals surface area contributed by atoms with E-state index < -0.39 is 0 Å². The number of halogens is 2. The number of fused-ring (bicyclic) bond motifs is 2. The van der Waals surface area contributed by atoms with Gasteiger partial charge in [0, 0.05) is 49.7 Å². The summed E-state index contributed by atoms with van der Waals surface area (Å²) in [5, 5.41) is 7.57. The number of aldehydes is 1. The van der Waals surface area contributed by atoms with Gasteiger partial charge in [0.15, 0.2) is 11.6 Å². The van der Waals surface area contributed by atoms with E-state index in [0.29, 0.717) is 12.0 Å². The van der Waals surface area contributed by atoms with Crippen molar-refractivity contribution in [2.75, 3.05) is 6.61 Å². The molecule has 236 valence electrons. The van der Waals surface area contributed by atoms with Gasteiger partial charge in [0.1, 0.15) is 6.29 Å². The summed E-state index contributed by atoms with van der Waals surface area (Å²) in [6, 6.07) is 31.0. The molecule has 0 heterocycles. The second kappa shape index (κ2) is 18.7. The van der Waals surface area contributed by atoms with E-state index in [0.717, 1.165) is 43.1 Å². The molecule has 0 aromatic heterocycles. The zero-order chi connectivity index (χ0) is 32.5. The third-order valence-corrected chi connectivity index (χ3v) is 8.57. The predicted octanol–water partition coefficient (Wildman–Crippen LogP) is 6.64. The van der Waals surface area contributed by atoms with Crippen LogP contribution in [0.15, 0.2) is 112 Å². The molecule has 6 rings (SSSR count). The average Bonchev–Trinajstić information content (AvgIpc) is 3.36. The minimum Gasteiger partial charge on any atom is -0.870 e. The zero-order valence-corrected chi connectivity index (χ0v) is 32.4. The molecule has 46 heavy (non-hydrogen) atoms. The summed E-state index contributed by atoms with van der Waals surface area (Å²) in [6.45, 7) is 10.4. The zero-order valence-electron chi connectivity index (χ0n) is 27.2. The molecule has 8 heteroatoms. The number of allylic oxidation sites excluding steroid dienone is 1. The van der Waals surface area contributed by atoms with Gasteiger partial charge in [0.2, 0.25) is 0 Å². The minimum atomic E-state index is -0.235. The maximum Gasteiger partial charge on any atom is 1.00 e. The molecule has 0 fully saturated rings. The Labute approximate surface area is 311 Å². The Kier molecular flexibility index (Phi) is 16.9. The molecule has 2 aliphatic carbocycles. The van der Waals surface area contributed by atoms with Gasteiger partial charge in [-0.2, -0.15) is 0 Å². The van der Waals surface area contributed by atoms with Crippen LogP contribution >= 0.6 is 31.9 Å². The van der Waals surface area contributed by atoms with Gasteiger partial charge in [-0.25, -0.2) is 0 Å². The minimum absolute atomic E-state index is 0. The summed E-state index contributed by atoms with van der Waals surface area (Å²) in [5.41, 5.74) is 6.51. The van der Waals surface area contributed by atoms with Crippen molar-refractivity contribution < 1.29 is 54.5 Å². The Morgan fingerprint density at radius 1 is 0.717 bits per heavy atom. The van der Waals surface area contributed by atoms with Crippen molar-refractivity contribution in [3.05, 3.63) is 145 Å². The number of ketones is 2. The summed E-state index contributed by atoms with van der Waals surface area (Å²) >= 11 is 6.69. The van der Waals surface area contributed by atoms with Gasteiger partial charge in [-0.3, -0.25) is 14.4 Å². The molecule has 0 saturated carbocycles. The van der Waals surface area contributed by atoms with Gasteiger partial charge in [-0.1, -0.05) is 132 Å². The van der Waals surface area contributed by atoms with Crippen LogP contribution in [-0.4, -0.2) is 35.0 Å². The number of rotatable bonds is 2. The molecular formula is C38H39Br2NaO5. The van der Waals surface area contributed by atoms with Crippen molar-refractivity contribution in [1.29, 1.82) is 0 Å². The standard InChI is InChI=1S/C18H15BrO.C11H12O.C7H5BrO.C2H6O.Na.H2O/c1-18(2)15-6-4-3-5-14(15)17(20)16(18)11-12-7-9-13(19)10-8-12;1-11(2)7-10(12)8-5-3-4-6-9(8)11;8-7-3-1-6(5-9)2-4-7;1-2-3;;/h3-11H,1-2H3;3-6H,7H2,1-2H3;1-5H;3H,2H2,1H3;;1H2/q;;;;+1;/p-1/b16-11-;;;;;. The van der Waals surface area contributed by atoms with Crippen molar-refractivity contribution in [3.63, 3.8) is 0 Å². The second-order valence-corrected chi connectivity index (χ2v) is 13.5. The van der Waals surface area contributed by atoms with Gasteiger partial charge in [0.05, 0.1) is 0 Å². The Balaban J connectivity index is 0.000000349. The van der Waals surface area contributed by atoms with Crippen LogP contribution < -0.4 is 29.6 Å². The van der Waals surface area contributed by atoms with E-state index in [1.54, 1.807) is 19.1 Å². The Bertz CT molecular complexity index is 1640. The number of aliphatic hydroxyl groups excluding tert-OH is 1. The molecule has 0 bridgehead atoms. The number of hydrogen-bond donors (Lipinski definition) is 1. The monoisotopic (exact) mass is 756 g/mol. The molecule has 4 aromatic carbocycles. The summed E-state index contributed by atoms with van der Waals surface area (Å²) in [7, 11) is 0. The molecule has 2 N–H and O–H groups in total. The first-order valence-corrected chi connectivity index (χ1v) is 16.0. The quantitative estimate of drug-likeness (QED) is 0.140. The molecule has 0 saturated heterocycles. The number of hydrogen-bond acceptors (Lipinski definition) is 5. The van der Waals surface area contributed by atoms with Crippen molar-refractivity contribution in [3.8, 4) is 0 Å². The Morgan fingerprint density at radius 2 is 1.15 bits per heavy atom. The fourth-order valence-corrected chi connectivity index (χ4v) is 5.75. The van der Waals surface area contributed by atoms with Crippen molar-refractivity contribution in [1.82, 2.24) is 0 Å². The normalized spacial score (nSPS) is 15.2. The van der Waals surface area contributed by atoms with Crippen LogP contribution in [0.25, 0.3) is 6.08 Å². The molecule has 5 nitrogen and oxygen atoms in total. The second-order valence-electron chi connectivity index (χ2n) is 11.6. The van der Waals surface area contributed by atoms with Gasteiger partial charge < -0.3 is 10.6 Å². The van der Waals surface area contributed by atoms with Gasteiger partial charge in [-0.15, -0.1) is 0 Å². The summed E-state index contributed by atoms with van der Waals surface area (Å²) in [4.78, 5) is 34.2. The van der Waals surface area contributed by atoms with E-state index in [4.69, 9.17) is 5.11 Å². The molecule has 0 radical (unpaired) electrons. The molecule has 0 amide bonds. The third-order valence-electron chi connectivity index (χ3n) is 7.51. The first kappa shape index (κ1) is 41.5.